The van der Waals surface area contributed by atoms with Gasteiger partial charge >= 0.3 is 5.97 Å². The van der Waals surface area contributed by atoms with Gasteiger partial charge in [0.15, 0.2) is 15.1 Å². The summed E-state index contributed by atoms with van der Waals surface area (Å²) >= 11 is 0. The maximum Gasteiger partial charge on any atom is 0.324 e. The third-order valence-electron chi connectivity index (χ3n) is 2.37. The molecule has 0 saturated carbocycles. The highest BCUT2D eigenvalue weighted by Gasteiger charge is 2.29. The highest BCUT2D eigenvalue weighted by molar-refractivity contribution is 7.92. The second-order valence-electron chi connectivity index (χ2n) is 3.69. The lowest BCUT2D eigenvalue weighted by molar-refractivity contribution is -0.142. The Hall–Kier alpha value is -1.36. The van der Waals surface area contributed by atoms with Crippen LogP contribution in [0, 0.1) is 0 Å². The summed E-state index contributed by atoms with van der Waals surface area (Å²) in [6.07, 6.45) is 0. The van der Waals surface area contributed by atoms with Crippen molar-refractivity contribution in [1.82, 2.24) is 0 Å². The number of hydrogen-bond donors (Lipinski definition) is 0. The van der Waals surface area contributed by atoms with E-state index in [0.29, 0.717) is 5.56 Å². The topological polar surface area (TPSA) is 60.4 Å². The summed E-state index contributed by atoms with van der Waals surface area (Å²) in [4.78, 5) is 11.4. The number of benzene rings is 1. The van der Waals surface area contributed by atoms with E-state index in [1.807, 2.05) is 6.07 Å². The number of rotatable bonds is 5. The third-order valence-corrected chi connectivity index (χ3v) is 4.37. The summed E-state index contributed by atoms with van der Waals surface area (Å²) in [6, 6.07) is 8.77. The zero-order valence-corrected chi connectivity index (χ0v) is 10.7. The smallest absolute Gasteiger partial charge is 0.324 e. The van der Waals surface area contributed by atoms with E-state index >= 15 is 0 Å². The van der Waals surface area contributed by atoms with Gasteiger partial charge in [-0.05, 0) is 19.4 Å². The highest BCUT2D eigenvalue weighted by Crippen LogP contribution is 2.12. The van der Waals surface area contributed by atoms with Crippen LogP contribution in [0.25, 0.3) is 0 Å². The number of hydrogen-bond acceptors (Lipinski definition) is 4. The molecule has 0 aliphatic carbocycles. The maximum atomic E-state index is 11.9. The molecule has 0 radical (unpaired) electrons. The number of ether oxygens (including phenoxy) is 1. The van der Waals surface area contributed by atoms with E-state index in [1.165, 1.54) is 6.92 Å². The quantitative estimate of drug-likeness (QED) is 0.750. The SMILES string of the molecule is CCOC(=O)C(C)S(=O)(=O)Cc1ccccc1. The minimum Gasteiger partial charge on any atom is -0.465 e. The zero-order chi connectivity index (χ0) is 12.9. The van der Waals surface area contributed by atoms with Crippen molar-refractivity contribution in [3.63, 3.8) is 0 Å². The fourth-order valence-corrected chi connectivity index (χ4v) is 2.61. The van der Waals surface area contributed by atoms with Crippen LogP contribution in [0.2, 0.25) is 0 Å². The molecule has 17 heavy (non-hydrogen) atoms. The molecule has 5 heteroatoms. The van der Waals surface area contributed by atoms with E-state index in [4.69, 9.17) is 4.74 Å². The third kappa shape index (κ3) is 3.85. The fourth-order valence-electron chi connectivity index (χ4n) is 1.34. The monoisotopic (exact) mass is 256 g/mol. The molecule has 0 aromatic heterocycles. The predicted molar refractivity (Wildman–Crippen MR) is 65.2 cm³/mol. The van der Waals surface area contributed by atoms with E-state index in [2.05, 4.69) is 0 Å². The molecule has 0 heterocycles. The molecule has 0 saturated heterocycles. The first kappa shape index (κ1) is 13.7. The Morgan fingerprint density at radius 3 is 2.41 bits per heavy atom. The van der Waals surface area contributed by atoms with Crippen molar-refractivity contribution in [2.75, 3.05) is 6.61 Å². The van der Waals surface area contributed by atoms with E-state index in [1.54, 1.807) is 31.2 Å². The van der Waals surface area contributed by atoms with Gasteiger partial charge in [-0.25, -0.2) is 8.42 Å². The Morgan fingerprint density at radius 2 is 1.88 bits per heavy atom. The summed E-state index contributed by atoms with van der Waals surface area (Å²) in [7, 11) is -3.51. The van der Waals surface area contributed by atoms with Gasteiger partial charge in [-0.1, -0.05) is 30.3 Å². The lowest BCUT2D eigenvalue weighted by Crippen LogP contribution is -2.30. The molecule has 1 unspecified atom stereocenters. The first-order chi connectivity index (χ1) is 7.97. The van der Waals surface area contributed by atoms with Crippen molar-refractivity contribution in [3.8, 4) is 0 Å². The molecular formula is C12H16O4S. The molecule has 1 aromatic rings. The molecule has 0 aliphatic rings. The predicted octanol–water partition coefficient (Wildman–Crippen LogP) is 1.55. The van der Waals surface area contributed by atoms with Crippen LogP contribution in [0.4, 0.5) is 0 Å². The van der Waals surface area contributed by atoms with Crippen LogP contribution in [-0.2, 0) is 25.1 Å². The molecule has 0 fully saturated rings. The average molecular weight is 256 g/mol. The zero-order valence-electron chi connectivity index (χ0n) is 9.92. The molecule has 94 valence electrons. The minimum absolute atomic E-state index is 0.145. The molecular weight excluding hydrogens is 240 g/mol. The van der Waals surface area contributed by atoms with E-state index < -0.39 is 21.1 Å². The van der Waals surface area contributed by atoms with Crippen LogP contribution in [0.15, 0.2) is 30.3 Å². The van der Waals surface area contributed by atoms with Crippen molar-refractivity contribution in [2.45, 2.75) is 24.9 Å². The Morgan fingerprint density at radius 1 is 1.29 bits per heavy atom. The van der Waals surface area contributed by atoms with Crippen molar-refractivity contribution in [3.05, 3.63) is 35.9 Å². The number of carbonyl (C=O) groups is 1. The van der Waals surface area contributed by atoms with Crippen LogP contribution in [0.1, 0.15) is 19.4 Å². The van der Waals surface area contributed by atoms with Gasteiger partial charge in [0.2, 0.25) is 0 Å². The Bertz CT molecular complexity index is 465. The minimum atomic E-state index is -3.51. The van der Waals surface area contributed by atoms with E-state index in [0.717, 1.165) is 0 Å². The summed E-state index contributed by atoms with van der Waals surface area (Å²) in [5.74, 6) is -0.836. The normalized spacial score (nSPS) is 13.1. The van der Waals surface area contributed by atoms with Crippen molar-refractivity contribution in [2.24, 2.45) is 0 Å². The van der Waals surface area contributed by atoms with Crippen LogP contribution in [0.3, 0.4) is 0 Å². The molecule has 0 spiro atoms. The van der Waals surface area contributed by atoms with Crippen molar-refractivity contribution < 1.29 is 17.9 Å². The second-order valence-corrected chi connectivity index (χ2v) is 6.01. The lowest BCUT2D eigenvalue weighted by Gasteiger charge is -2.11. The fraction of sp³-hybridized carbons (Fsp3) is 0.417. The van der Waals surface area contributed by atoms with E-state index in [9.17, 15) is 13.2 Å². The molecule has 0 aliphatic heterocycles. The number of esters is 1. The van der Waals surface area contributed by atoms with Crippen LogP contribution >= 0.6 is 0 Å². The van der Waals surface area contributed by atoms with Gasteiger partial charge in [0.25, 0.3) is 0 Å². The standard InChI is InChI=1S/C12H16O4S/c1-3-16-12(13)10(2)17(14,15)9-11-7-5-4-6-8-11/h4-8,10H,3,9H2,1-2H3. The Balaban J connectivity index is 2.79. The van der Waals surface area contributed by atoms with Gasteiger partial charge in [0, 0.05) is 0 Å². The molecule has 1 aromatic carbocycles. The molecule has 4 nitrogen and oxygen atoms in total. The summed E-state index contributed by atoms with van der Waals surface area (Å²) < 4.78 is 28.5. The van der Waals surface area contributed by atoms with Gasteiger partial charge in [0.1, 0.15) is 0 Å². The lowest BCUT2D eigenvalue weighted by atomic mass is 10.2. The van der Waals surface area contributed by atoms with Crippen LogP contribution in [-0.4, -0.2) is 26.2 Å². The highest BCUT2D eigenvalue weighted by atomic mass is 32.2. The summed E-state index contributed by atoms with van der Waals surface area (Å²) in [5.41, 5.74) is 0.670. The molecule has 0 amide bonds. The van der Waals surface area contributed by atoms with Crippen LogP contribution < -0.4 is 0 Å². The molecule has 0 N–H and O–H groups in total. The van der Waals surface area contributed by atoms with Gasteiger partial charge in [-0.2, -0.15) is 0 Å². The summed E-state index contributed by atoms with van der Waals surface area (Å²) in [5, 5.41) is -1.12. The molecule has 1 rings (SSSR count). The van der Waals surface area contributed by atoms with Crippen LogP contribution in [0.5, 0.6) is 0 Å². The molecule has 1 atom stereocenters. The first-order valence-corrected chi connectivity index (χ1v) is 7.11. The second kappa shape index (κ2) is 5.82. The first-order valence-electron chi connectivity index (χ1n) is 5.39. The molecule has 0 bridgehead atoms. The van der Waals surface area contributed by atoms with Gasteiger partial charge in [-0.15, -0.1) is 0 Å². The van der Waals surface area contributed by atoms with Gasteiger partial charge < -0.3 is 4.74 Å². The van der Waals surface area contributed by atoms with Gasteiger partial charge in [-0.3, -0.25) is 4.79 Å². The van der Waals surface area contributed by atoms with Crippen molar-refractivity contribution >= 4 is 15.8 Å². The number of sulfone groups is 1. The van der Waals surface area contributed by atoms with Crippen molar-refractivity contribution in [1.29, 1.82) is 0 Å². The van der Waals surface area contributed by atoms with Gasteiger partial charge in [0.05, 0.1) is 12.4 Å². The summed E-state index contributed by atoms with van der Waals surface area (Å²) in [6.45, 7) is 3.19. The maximum absolute atomic E-state index is 11.9. The Kier molecular flexibility index (Phi) is 4.69. The largest absolute Gasteiger partial charge is 0.465 e. The number of carbonyl (C=O) groups excluding carboxylic acids is 1. The van der Waals surface area contributed by atoms with E-state index in [-0.39, 0.29) is 12.4 Å². The average Bonchev–Trinajstić information content (AvgIpc) is 2.29. The Labute approximate surface area is 102 Å².